The first-order valence-electron chi connectivity index (χ1n) is 7.26. The average molecular weight is 298 g/mol. The number of hydrogen-bond acceptors (Lipinski definition) is 3. The second-order valence-corrected chi connectivity index (χ2v) is 5.28. The molecule has 2 N–H and O–H groups in total. The van der Waals surface area contributed by atoms with Crippen molar-refractivity contribution in [2.45, 2.75) is 12.6 Å². The van der Waals surface area contributed by atoms with Crippen molar-refractivity contribution in [3.8, 4) is 11.1 Å². The van der Waals surface area contributed by atoms with Crippen LogP contribution < -0.4 is 5.73 Å². The largest absolute Gasteiger partial charge is 0.383 e. The van der Waals surface area contributed by atoms with Crippen molar-refractivity contribution in [3.05, 3.63) is 60.2 Å². The molecule has 0 saturated carbocycles. The van der Waals surface area contributed by atoms with Gasteiger partial charge in [-0.3, -0.25) is 4.79 Å². The van der Waals surface area contributed by atoms with Gasteiger partial charge in [-0.05, 0) is 16.7 Å². The van der Waals surface area contributed by atoms with E-state index in [0.717, 1.165) is 16.7 Å². The summed E-state index contributed by atoms with van der Waals surface area (Å²) in [4.78, 5) is 13.9. The smallest absolute Gasteiger partial charge is 0.241 e. The maximum absolute atomic E-state index is 12.2. The number of methoxy groups -OCH3 is 1. The number of nitrogens with zero attached hydrogens (tertiary/aromatic N) is 1. The van der Waals surface area contributed by atoms with E-state index in [2.05, 4.69) is 18.2 Å². The molecule has 1 unspecified atom stereocenters. The SMILES string of the molecule is COCC(N)C(=O)N(C)Cc1ccccc1-c1ccccc1. The van der Waals surface area contributed by atoms with Crippen LogP contribution >= 0.6 is 0 Å². The molecule has 4 heteroatoms. The summed E-state index contributed by atoms with van der Waals surface area (Å²) in [7, 11) is 3.30. The first-order valence-corrected chi connectivity index (χ1v) is 7.26. The molecule has 0 radical (unpaired) electrons. The van der Waals surface area contributed by atoms with Gasteiger partial charge in [-0.15, -0.1) is 0 Å². The molecule has 0 aliphatic carbocycles. The molecule has 0 saturated heterocycles. The summed E-state index contributed by atoms with van der Waals surface area (Å²) in [6.45, 7) is 0.741. The molecular weight excluding hydrogens is 276 g/mol. The molecule has 2 aromatic rings. The Morgan fingerprint density at radius 1 is 1.14 bits per heavy atom. The lowest BCUT2D eigenvalue weighted by Gasteiger charge is -2.22. The fourth-order valence-corrected chi connectivity index (χ4v) is 2.42. The van der Waals surface area contributed by atoms with Gasteiger partial charge in [0, 0.05) is 20.7 Å². The summed E-state index contributed by atoms with van der Waals surface area (Å²) in [5.74, 6) is -0.121. The van der Waals surface area contributed by atoms with Crippen LogP contribution in [0.5, 0.6) is 0 Å². The van der Waals surface area contributed by atoms with Crippen molar-refractivity contribution in [2.24, 2.45) is 5.73 Å². The first kappa shape index (κ1) is 16.2. The molecule has 2 aromatic carbocycles. The van der Waals surface area contributed by atoms with Gasteiger partial charge >= 0.3 is 0 Å². The maximum Gasteiger partial charge on any atom is 0.241 e. The summed E-state index contributed by atoms with van der Waals surface area (Å²) in [6, 6.07) is 17.6. The summed E-state index contributed by atoms with van der Waals surface area (Å²) >= 11 is 0. The highest BCUT2D eigenvalue weighted by atomic mass is 16.5. The maximum atomic E-state index is 12.2. The highest BCUT2D eigenvalue weighted by Crippen LogP contribution is 2.24. The van der Waals surface area contributed by atoms with Crippen molar-refractivity contribution in [1.82, 2.24) is 4.90 Å². The Kier molecular flexibility index (Phi) is 5.69. The van der Waals surface area contributed by atoms with E-state index in [1.807, 2.05) is 36.4 Å². The van der Waals surface area contributed by atoms with E-state index in [1.165, 1.54) is 7.11 Å². The standard InChI is InChI=1S/C18H22N2O2/c1-20(18(21)17(19)13-22-2)12-15-10-6-7-11-16(15)14-8-4-3-5-9-14/h3-11,17H,12-13,19H2,1-2H3. The molecule has 2 rings (SSSR count). The van der Waals surface area contributed by atoms with Gasteiger partial charge in [-0.25, -0.2) is 0 Å². The lowest BCUT2D eigenvalue weighted by molar-refractivity contribution is -0.132. The number of likely N-dealkylation sites (N-methyl/N-ethyl adjacent to an activating group) is 1. The van der Waals surface area contributed by atoms with Gasteiger partial charge < -0.3 is 15.4 Å². The lowest BCUT2D eigenvalue weighted by Crippen LogP contribution is -2.44. The predicted molar refractivity (Wildman–Crippen MR) is 88.2 cm³/mol. The van der Waals surface area contributed by atoms with Crippen LogP contribution in [0.4, 0.5) is 0 Å². The Balaban J connectivity index is 2.18. The number of rotatable bonds is 6. The lowest BCUT2D eigenvalue weighted by atomic mass is 9.99. The minimum Gasteiger partial charge on any atom is -0.383 e. The van der Waals surface area contributed by atoms with Crippen LogP contribution in [-0.2, 0) is 16.1 Å². The van der Waals surface area contributed by atoms with E-state index in [-0.39, 0.29) is 12.5 Å². The van der Waals surface area contributed by atoms with Crippen LogP contribution in [0.2, 0.25) is 0 Å². The van der Waals surface area contributed by atoms with Gasteiger partial charge in [-0.1, -0.05) is 54.6 Å². The van der Waals surface area contributed by atoms with E-state index in [1.54, 1.807) is 11.9 Å². The molecule has 1 amide bonds. The summed E-state index contributed by atoms with van der Waals surface area (Å²) in [5.41, 5.74) is 9.17. The number of nitrogens with two attached hydrogens (primary N) is 1. The van der Waals surface area contributed by atoms with Crippen LogP contribution in [0.15, 0.2) is 54.6 Å². The molecule has 0 heterocycles. The van der Waals surface area contributed by atoms with Gasteiger partial charge in [0.2, 0.25) is 5.91 Å². The van der Waals surface area contributed by atoms with Gasteiger partial charge in [0.15, 0.2) is 0 Å². The Morgan fingerprint density at radius 2 is 1.77 bits per heavy atom. The normalized spacial score (nSPS) is 12.0. The van der Waals surface area contributed by atoms with E-state index in [4.69, 9.17) is 10.5 Å². The molecule has 22 heavy (non-hydrogen) atoms. The first-order chi connectivity index (χ1) is 10.6. The zero-order valence-corrected chi connectivity index (χ0v) is 13.0. The van der Waals surface area contributed by atoms with Crippen LogP contribution in [-0.4, -0.2) is 37.6 Å². The van der Waals surface area contributed by atoms with Crippen molar-refractivity contribution in [1.29, 1.82) is 0 Å². The van der Waals surface area contributed by atoms with Gasteiger partial charge in [0.05, 0.1) is 6.61 Å². The molecular formula is C18H22N2O2. The van der Waals surface area contributed by atoms with Crippen LogP contribution in [0.1, 0.15) is 5.56 Å². The molecule has 0 bridgehead atoms. The number of carbonyl (C=O) groups is 1. The van der Waals surface area contributed by atoms with Gasteiger partial charge in [-0.2, -0.15) is 0 Å². The zero-order chi connectivity index (χ0) is 15.9. The number of hydrogen-bond donors (Lipinski definition) is 1. The van der Waals surface area contributed by atoms with Crippen LogP contribution in [0.25, 0.3) is 11.1 Å². The molecule has 4 nitrogen and oxygen atoms in total. The molecule has 0 aliphatic heterocycles. The van der Waals surface area contributed by atoms with Crippen LogP contribution in [0.3, 0.4) is 0 Å². The molecule has 0 fully saturated rings. The monoisotopic (exact) mass is 298 g/mol. The second kappa shape index (κ2) is 7.73. The van der Waals surface area contributed by atoms with E-state index < -0.39 is 6.04 Å². The average Bonchev–Trinajstić information content (AvgIpc) is 2.55. The Labute approximate surface area is 131 Å². The molecule has 0 aliphatic rings. The number of ether oxygens (including phenoxy) is 1. The van der Waals surface area contributed by atoms with E-state index in [9.17, 15) is 4.79 Å². The third kappa shape index (κ3) is 3.93. The Hall–Kier alpha value is -2.17. The zero-order valence-electron chi connectivity index (χ0n) is 13.0. The summed E-state index contributed by atoms with van der Waals surface area (Å²) in [5, 5.41) is 0. The number of carbonyl (C=O) groups excluding carboxylic acids is 1. The van der Waals surface area contributed by atoms with E-state index in [0.29, 0.717) is 6.54 Å². The van der Waals surface area contributed by atoms with Crippen molar-refractivity contribution < 1.29 is 9.53 Å². The van der Waals surface area contributed by atoms with Crippen LogP contribution in [0, 0.1) is 0 Å². The number of amides is 1. The Bertz CT molecular complexity index is 613. The fraction of sp³-hybridized carbons (Fsp3) is 0.278. The predicted octanol–water partition coefficient (Wildman–Crippen LogP) is 2.29. The minimum absolute atomic E-state index is 0.121. The van der Waals surface area contributed by atoms with E-state index >= 15 is 0 Å². The fourth-order valence-electron chi connectivity index (χ4n) is 2.42. The van der Waals surface area contributed by atoms with Crippen molar-refractivity contribution in [2.75, 3.05) is 20.8 Å². The quantitative estimate of drug-likeness (QED) is 0.890. The van der Waals surface area contributed by atoms with Gasteiger partial charge in [0.1, 0.15) is 6.04 Å². The van der Waals surface area contributed by atoms with Gasteiger partial charge in [0.25, 0.3) is 0 Å². The third-order valence-electron chi connectivity index (χ3n) is 3.55. The molecule has 0 spiro atoms. The molecule has 1 atom stereocenters. The van der Waals surface area contributed by atoms with Crippen molar-refractivity contribution in [3.63, 3.8) is 0 Å². The third-order valence-corrected chi connectivity index (χ3v) is 3.55. The molecule has 116 valence electrons. The summed E-state index contributed by atoms with van der Waals surface area (Å²) in [6.07, 6.45) is 0. The second-order valence-electron chi connectivity index (χ2n) is 5.28. The Morgan fingerprint density at radius 3 is 2.45 bits per heavy atom. The molecule has 0 aromatic heterocycles. The highest BCUT2D eigenvalue weighted by Gasteiger charge is 2.18. The van der Waals surface area contributed by atoms with Crippen molar-refractivity contribution >= 4 is 5.91 Å². The highest BCUT2D eigenvalue weighted by molar-refractivity contribution is 5.81. The topological polar surface area (TPSA) is 55.6 Å². The minimum atomic E-state index is -0.626. The number of benzene rings is 2. The summed E-state index contributed by atoms with van der Waals surface area (Å²) < 4.78 is 4.95.